The maximum atomic E-state index is 10.6. The first-order valence-corrected chi connectivity index (χ1v) is 4.09. The first-order chi connectivity index (χ1) is 4.77. The van der Waals surface area contributed by atoms with E-state index in [9.17, 15) is 10.0 Å². The Hall–Kier alpha value is -0.0151. The molecule has 2 bridgehead atoms. The lowest BCUT2D eigenvalue weighted by Gasteiger charge is -2.39. The predicted molar refractivity (Wildman–Crippen MR) is 35.0 cm³/mol. The zero-order chi connectivity index (χ0) is 7.14. The summed E-state index contributed by atoms with van der Waals surface area (Å²) in [4.78, 5) is 0. The summed E-state index contributed by atoms with van der Waals surface area (Å²) in [5.74, 6) is 1.23. The molecule has 2 saturated carbocycles. The van der Waals surface area contributed by atoms with Gasteiger partial charge in [-0.3, -0.25) is 0 Å². The van der Waals surface area contributed by atoms with Crippen LogP contribution in [0.3, 0.4) is 0 Å². The van der Waals surface area contributed by atoms with Crippen LogP contribution < -0.4 is 10.0 Å². The first-order valence-electron chi connectivity index (χ1n) is 4.09. The molecule has 3 unspecified atom stereocenters. The van der Waals surface area contributed by atoms with Crippen LogP contribution in [0, 0.1) is 11.8 Å². The van der Waals surface area contributed by atoms with Gasteiger partial charge in [0.2, 0.25) is 0 Å². The summed E-state index contributed by atoms with van der Waals surface area (Å²) in [6.45, 7) is 0. The third-order valence-electron chi connectivity index (χ3n) is 3.14. The largest absolute Gasteiger partial charge is 0.893 e. The Kier molecular flexibility index (Phi) is 1.50. The molecule has 0 heterocycles. The molecule has 0 aromatic rings. The summed E-state index contributed by atoms with van der Waals surface area (Å²) >= 11 is 0. The molecule has 0 aromatic carbocycles. The smallest absolute Gasteiger partial charge is 0.0417 e. The summed E-state index contributed by atoms with van der Waals surface area (Å²) in [6, 6.07) is 0. The minimum atomic E-state index is -1.55. The fourth-order valence-electron chi connectivity index (χ4n) is 2.63. The maximum absolute atomic E-state index is 10.6. The van der Waals surface area contributed by atoms with E-state index in [2.05, 4.69) is 0 Å². The Bertz CT molecular complexity index is 138. The van der Waals surface area contributed by atoms with Crippen molar-refractivity contribution < 1.29 is 10.0 Å². The average molecular weight is 138 g/mol. The van der Waals surface area contributed by atoms with Crippen LogP contribution in [0.5, 0.6) is 0 Å². The molecule has 0 spiro atoms. The van der Waals surface area contributed by atoms with Gasteiger partial charge in [-0.2, -0.15) is 0 Å². The van der Waals surface area contributed by atoms with Gasteiger partial charge in [0.1, 0.15) is 0 Å². The van der Waals surface area contributed by atoms with Gasteiger partial charge in [0.15, 0.2) is 0 Å². The molecule has 2 nitrogen and oxygen atoms in total. The summed E-state index contributed by atoms with van der Waals surface area (Å²) < 4.78 is 0. The summed E-state index contributed by atoms with van der Waals surface area (Å²) in [7, 11) is -1.55. The molecule has 2 rings (SSSR count). The van der Waals surface area contributed by atoms with E-state index in [1.165, 1.54) is 12.8 Å². The average Bonchev–Trinajstić information content (AvgIpc) is 2.44. The van der Waals surface area contributed by atoms with Crippen molar-refractivity contribution in [3.05, 3.63) is 0 Å². The van der Waals surface area contributed by atoms with Crippen molar-refractivity contribution in [1.82, 2.24) is 0 Å². The van der Waals surface area contributed by atoms with Crippen LogP contribution in [0.1, 0.15) is 25.7 Å². The number of hydrogen-bond acceptors (Lipinski definition) is 2. The molecule has 0 saturated heterocycles. The van der Waals surface area contributed by atoms with Crippen molar-refractivity contribution >= 4 is 7.12 Å². The van der Waals surface area contributed by atoms with Crippen molar-refractivity contribution in [2.45, 2.75) is 31.5 Å². The standard InChI is InChI=1S/C7H11BO2/c9-8(10)7-4-5-1-2-6(7)3-5/h5-7H,1-4H2/q-2. The quantitative estimate of drug-likeness (QED) is 0.453. The van der Waals surface area contributed by atoms with Crippen LogP contribution in [0.4, 0.5) is 0 Å². The zero-order valence-corrected chi connectivity index (χ0v) is 5.95. The van der Waals surface area contributed by atoms with Crippen LogP contribution in [-0.4, -0.2) is 7.12 Å². The first kappa shape index (κ1) is 6.68. The van der Waals surface area contributed by atoms with Crippen LogP contribution in [0.2, 0.25) is 5.82 Å². The van der Waals surface area contributed by atoms with Gasteiger partial charge in [0.05, 0.1) is 0 Å². The van der Waals surface area contributed by atoms with Crippen LogP contribution in [0.25, 0.3) is 0 Å². The summed E-state index contributed by atoms with van der Waals surface area (Å²) in [6.07, 6.45) is 4.53. The molecule has 0 aliphatic heterocycles. The van der Waals surface area contributed by atoms with Crippen LogP contribution in [0.15, 0.2) is 0 Å². The molecule has 0 amide bonds. The van der Waals surface area contributed by atoms with Gasteiger partial charge in [-0.1, -0.05) is 19.3 Å². The Morgan fingerprint density at radius 1 is 1.10 bits per heavy atom. The molecular formula is C7H11BO2-2. The van der Waals surface area contributed by atoms with E-state index in [-0.39, 0.29) is 5.82 Å². The summed E-state index contributed by atoms with van der Waals surface area (Å²) in [5.41, 5.74) is 0. The molecule has 2 aliphatic carbocycles. The van der Waals surface area contributed by atoms with E-state index >= 15 is 0 Å². The molecule has 2 aliphatic rings. The second kappa shape index (κ2) is 2.24. The fourth-order valence-corrected chi connectivity index (χ4v) is 2.63. The molecule has 0 radical (unpaired) electrons. The second-order valence-electron chi connectivity index (χ2n) is 3.71. The third-order valence-corrected chi connectivity index (χ3v) is 3.14. The van der Waals surface area contributed by atoms with E-state index in [0.717, 1.165) is 18.8 Å². The molecule has 10 heavy (non-hydrogen) atoms. The molecule has 3 heteroatoms. The number of hydrogen-bond donors (Lipinski definition) is 0. The Balaban J connectivity index is 2.02. The minimum absolute atomic E-state index is 0.0150. The zero-order valence-electron chi connectivity index (χ0n) is 5.95. The lowest BCUT2D eigenvalue weighted by atomic mass is 9.64. The van der Waals surface area contributed by atoms with Crippen LogP contribution >= 0.6 is 0 Å². The molecule has 0 N–H and O–H groups in total. The second-order valence-corrected chi connectivity index (χ2v) is 3.71. The van der Waals surface area contributed by atoms with Crippen molar-refractivity contribution in [3.8, 4) is 0 Å². The minimum Gasteiger partial charge on any atom is -0.893 e. The molecule has 2 fully saturated rings. The van der Waals surface area contributed by atoms with Gasteiger partial charge in [-0.15, -0.1) is 12.9 Å². The Labute approximate surface area is 61.4 Å². The van der Waals surface area contributed by atoms with Gasteiger partial charge >= 0.3 is 0 Å². The topological polar surface area (TPSA) is 46.1 Å². The van der Waals surface area contributed by atoms with Crippen molar-refractivity contribution in [1.29, 1.82) is 0 Å². The Morgan fingerprint density at radius 2 is 1.90 bits per heavy atom. The normalized spacial score (nSPS) is 44.4. The van der Waals surface area contributed by atoms with Crippen molar-refractivity contribution in [3.63, 3.8) is 0 Å². The highest BCUT2D eigenvalue weighted by atomic mass is 16.4. The van der Waals surface area contributed by atoms with Gasteiger partial charge < -0.3 is 10.0 Å². The van der Waals surface area contributed by atoms with Crippen LogP contribution in [-0.2, 0) is 0 Å². The van der Waals surface area contributed by atoms with E-state index in [1.807, 2.05) is 0 Å². The van der Waals surface area contributed by atoms with Gasteiger partial charge in [-0.05, 0) is 18.3 Å². The van der Waals surface area contributed by atoms with Gasteiger partial charge in [0, 0.05) is 0 Å². The SMILES string of the molecule is [O-]B([O-])C1CC2CCC1C2. The lowest BCUT2D eigenvalue weighted by molar-refractivity contribution is -0.353. The number of fused-ring (bicyclic) bond motifs is 2. The van der Waals surface area contributed by atoms with Crippen molar-refractivity contribution in [2.24, 2.45) is 11.8 Å². The van der Waals surface area contributed by atoms with E-state index in [0.29, 0.717) is 5.92 Å². The highest BCUT2D eigenvalue weighted by molar-refractivity contribution is 6.39. The van der Waals surface area contributed by atoms with E-state index < -0.39 is 7.12 Å². The molecule has 3 atom stereocenters. The third kappa shape index (κ3) is 0.885. The number of rotatable bonds is 1. The van der Waals surface area contributed by atoms with E-state index in [4.69, 9.17) is 0 Å². The molecule has 0 aromatic heterocycles. The summed E-state index contributed by atoms with van der Waals surface area (Å²) in [5, 5.41) is 21.1. The molecule has 56 valence electrons. The van der Waals surface area contributed by atoms with E-state index in [1.54, 1.807) is 0 Å². The van der Waals surface area contributed by atoms with Crippen molar-refractivity contribution in [2.75, 3.05) is 0 Å². The predicted octanol–water partition coefficient (Wildman–Crippen LogP) is -0.615. The Morgan fingerprint density at radius 3 is 2.20 bits per heavy atom. The maximum Gasteiger partial charge on any atom is -0.0417 e. The monoisotopic (exact) mass is 138 g/mol. The highest BCUT2D eigenvalue weighted by Crippen LogP contribution is 2.51. The van der Waals surface area contributed by atoms with Gasteiger partial charge in [-0.25, -0.2) is 0 Å². The van der Waals surface area contributed by atoms with Gasteiger partial charge in [0.25, 0.3) is 0 Å². The lowest BCUT2D eigenvalue weighted by Crippen LogP contribution is -2.50. The fraction of sp³-hybridized carbons (Fsp3) is 1.00. The molecular weight excluding hydrogens is 127 g/mol. The highest BCUT2D eigenvalue weighted by Gasteiger charge is 2.37.